The van der Waals surface area contributed by atoms with Gasteiger partial charge in [-0.25, -0.2) is 0 Å². The Morgan fingerprint density at radius 2 is 0.701 bits per heavy atom. The third-order valence-corrected chi connectivity index (χ3v) is 22.5. The number of ether oxygens (including phenoxy) is 6. The van der Waals surface area contributed by atoms with Crippen molar-refractivity contribution in [2.45, 2.75) is 88.2 Å². The Bertz CT molecular complexity index is 6070. The summed E-state index contributed by atoms with van der Waals surface area (Å²) in [6, 6.07) is 72.3. The van der Waals surface area contributed by atoms with Crippen molar-refractivity contribution in [2.75, 3.05) is 64.3 Å². The van der Waals surface area contributed by atoms with Gasteiger partial charge in [0.2, 0.25) is 0 Å². The maximum absolute atomic E-state index is 13.4. The van der Waals surface area contributed by atoms with E-state index in [-0.39, 0.29) is 72.0 Å². The van der Waals surface area contributed by atoms with Gasteiger partial charge in [-0.1, -0.05) is 185 Å². The number of imide groups is 3. The molecule has 2 N–H and O–H groups in total. The monoisotopic (exact) mass is 1810 g/mol. The van der Waals surface area contributed by atoms with Crippen LogP contribution in [0.25, 0.3) is 0 Å². The first kappa shape index (κ1) is 94.7. The van der Waals surface area contributed by atoms with E-state index in [1.807, 2.05) is 196 Å². The van der Waals surface area contributed by atoms with Gasteiger partial charge in [-0.2, -0.15) is 0 Å². The molecule has 0 spiro atoms. The molecule has 0 atom stereocenters. The number of aryl methyl sites for hydroxylation is 5. The van der Waals surface area contributed by atoms with Crippen molar-refractivity contribution in [2.24, 2.45) is 0 Å². The van der Waals surface area contributed by atoms with Crippen molar-refractivity contribution < 1.29 is 71.9 Å². The molecule has 0 saturated heterocycles. The Balaban J connectivity index is 0.000000155. The quantitative estimate of drug-likeness (QED) is 0.0479. The molecular weight excluding hydrogens is 1710 g/mol. The first-order chi connectivity index (χ1) is 61.0. The Morgan fingerprint density at radius 3 is 1.11 bits per heavy atom. The molecule has 3 heterocycles. The zero-order chi connectivity index (χ0) is 91.3. The van der Waals surface area contributed by atoms with Gasteiger partial charge in [0, 0.05) is 50.1 Å². The van der Waals surface area contributed by atoms with Gasteiger partial charge < -0.3 is 48.6 Å². The van der Waals surface area contributed by atoms with Gasteiger partial charge in [-0.15, -0.1) is 0 Å². The van der Waals surface area contributed by atoms with Gasteiger partial charge in [-0.3, -0.25) is 53.1 Å². The summed E-state index contributed by atoms with van der Waals surface area (Å²) in [7, 11) is 5.63. The minimum atomic E-state index is -0.472. The Labute approximate surface area is 763 Å². The minimum Gasteiger partial charge on any atom is -0.507 e. The molecule has 0 unspecified atom stereocenters. The molecule has 0 bridgehead atoms. The van der Waals surface area contributed by atoms with Crippen LogP contribution in [0.3, 0.4) is 0 Å². The van der Waals surface area contributed by atoms with E-state index in [2.05, 4.69) is 5.32 Å². The van der Waals surface area contributed by atoms with E-state index in [1.165, 1.54) is 15.9 Å². The fourth-order valence-electron chi connectivity index (χ4n) is 13.8. The molecule has 127 heavy (non-hydrogen) atoms. The van der Waals surface area contributed by atoms with E-state index in [1.54, 1.807) is 127 Å². The number of rotatable bonds is 26. The molecule has 12 aromatic carbocycles. The molecule has 3 aliphatic heterocycles. The number of halogens is 5. The summed E-state index contributed by atoms with van der Waals surface area (Å²) in [6.07, 6.45) is 0. The Kier molecular flexibility index (Phi) is 33.0. The number of aromatic hydroxyl groups is 1. The van der Waals surface area contributed by atoms with Crippen molar-refractivity contribution in [3.8, 4) is 40.2 Å². The lowest BCUT2D eigenvalue weighted by Crippen LogP contribution is -2.29. The summed E-state index contributed by atoms with van der Waals surface area (Å²) < 4.78 is 34.6. The number of nitrogens with zero attached hydrogens (tertiary/aromatic N) is 5. The smallest absolute Gasteiger partial charge is 0.265 e. The summed E-state index contributed by atoms with van der Waals surface area (Å²) in [5.41, 5.74) is 13.1. The van der Waals surface area contributed by atoms with Crippen LogP contribution in [0.4, 0.5) is 11.4 Å². The van der Waals surface area contributed by atoms with Crippen LogP contribution in [-0.4, -0.2) is 126 Å². The van der Waals surface area contributed by atoms with Crippen molar-refractivity contribution in [3.63, 3.8) is 0 Å². The molecule has 0 saturated carbocycles. The van der Waals surface area contributed by atoms with E-state index in [0.29, 0.717) is 138 Å². The van der Waals surface area contributed by atoms with Gasteiger partial charge in [0.05, 0.1) is 72.8 Å². The molecule has 26 heteroatoms. The second-order valence-corrected chi connectivity index (χ2v) is 31.9. The number of hydrogen-bond acceptors (Lipinski definition) is 16. The van der Waals surface area contributed by atoms with Gasteiger partial charge in [0.15, 0.2) is 0 Å². The lowest BCUT2D eigenvalue weighted by molar-refractivity contribution is 0.0625. The third kappa shape index (κ3) is 23.6. The Hall–Kier alpha value is -13.0. The number of amides is 8. The maximum atomic E-state index is 13.4. The fourth-order valence-corrected chi connectivity index (χ4v) is 14.4. The van der Waals surface area contributed by atoms with Gasteiger partial charge >= 0.3 is 0 Å². The molecule has 12 aromatic rings. The molecule has 0 aromatic heterocycles. The third-order valence-electron chi connectivity index (χ3n) is 20.4. The number of fused-ring (bicyclic) bond motifs is 3. The number of benzene rings is 12. The van der Waals surface area contributed by atoms with Crippen LogP contribution in [0.1, 0.15) is 159 Å². The highest BCUT2D eigenvalue weighted by Crippen LogP contribution is 2.39. The number of phenols is 1. The second-order valence-electron chi connectivity index (χ2n) is 29.9. The largest absolute Gasteiger partial charge is 0.507 e. The van der Waals surface area contributed by atoms with Crippen LogP contribution in [-0.2, 0) is 32.8 Å². The number of nitrogens with one attached hydrogen (secondary N) is 1. The number of carbonyl (C=O) groups excluding carboxylic acids is 8. The fraction of sp³-hybridized carbons (Fsp3) is 0.208. The van der Waals surface area contributed by atoms with E-state index < -0.39 is 11.8 Å². The zero-order valence-electron chi connectivity index (χ0n) is 72.0. The van der Waals surface area contributed by atoms with Crippen molar-refractivity contribution in [3.05, 3.63) is 368 Å². The van der Waals surface area contributed by atoms with Crippen molar-refractivity contribution in [1.82, 2.24) is 19.6 Å². The number of phenolic OH excluding ortho intramolecular Hbond substituents is 1. The van der Waals surface area contributed by atoms with Crippen LogP contribution in [0, 0.1) is 34.6 Å². The SMILES string of the molecule is CCOc1cccc(OCc2ccccc2)c1C(=O)N(C)c1ccc(Cl)c(C)c1.CCOc1cccc(OCc2ccccc2)c1C(=O)Nc1ccc(Cl)c(C)c1.CCOc1cccc2c1C(=O)N(Cc1ccc(Cl)c(C)c1)C2=O.Cc1cc(CN2C(=O)c3cccc(O)c3C2=O)ccc1Cl.Cc1cc(CN2C(=O)c3cccc(OCCN(C)C)c3C2=O)ccc1Cl. The van der Waals surface area contributed by atoms with Crippen LogP contribution >= 0.6 is 58.0 Å². The molecule has 0 fully saturated rings. The van der Waals surface area contributed by atoms with Gasteiger partial charge in [0.25, 0.3) is 47.3 Å². The molecule has 3 aliphatic rings. The van der Waals surface area contributed by atoms with Crippen LogP contribution in [0.2, 0.25) is 25.1 Å². The summed E-state index contributed by atoms with van der Waals surface area (Å²) in [4.78, 5) is 109. The first-order valence-electron chi connectivity index (χ1n) is 40.8. The average molecular weight is 1810 g/mol. The molecule has 15 rings (SSSR count). The summed E-state index contributed by atoms with van der Waals surface area (Å²) in [5.74, 6) is 0.0924. The van der Waals surface area contributed by atoms with Crippen LogP contribution in [0.5, 0.6) is 40.2 Å². The predicted molar refractivity (Wildman–Crippen MR) is 497 cm³/mol. The number of likely N-dealkylation sites (N-methyl/N-ethyl adjacent to an activating group) is 1. The number of anilines is 2. The van der Waals surface area contributed by atoms with Crippen LogP contribution < -0.4 is 38.6 Å². The first-order valence-corrected chi connectivity index (χ1v) is 42.7. The topological polar surface area (TPSA) is 240 Å². The van der Waals surface area contributed by atoms with E-state index in [4.69, 9.17) is 86.4 Å². The highest BCUT2D eigenvalue weighted by molar-refractivity contribution is 6.33. The predicted octanol–water partition coefficient (Wildman–Crippen LogP) is 22.2. The Morgan fingerprint density at radius 1 is 0.354 bits per heavy atom. The van der Waals surface area contributed by atoms with E-state index >= 15 is 0 Å². The second kappa shape index (κ2) is 44.2. The van der Waals surface area contributed by atoms with Crippen molar-refractivity contribution in [1.29, 1.82) is 0 Å². The number of carbonyl (C=O) groups is 8. The molecule has 0 aliphatic carbocycles. The van der Waals surface area contributed by atoms with Crippen LogP contribution in [0.15, 0.2) is 243 Å². The maximum Gasteiger partial charge on any atom is 0.265 e. The van der Waals surface area contributed by atoms with E-state index in [9.17, 15) is 43.5 Å². The average Bonchev–Trinajstić information content (AvgIpc) is 1.75. The summed E-state index contributed by atoms with van der Waals surface area (Å²) in [6.45, 7) is 18.9. The molecule has 8 amide bonds. The zero-order valence-corrected chi connectivity index (χ0v) is 75.7. The highest BCUT2D eigenvalue weighted by Gasteiger charge is 2.41. The molecule has 654 valence electrons. The summed E-state index contributed by atoms with van der Waals surface area (Å²) >= 11 is 30.2. The lowest BCUT2D eigenvalue weighted by atomic mass is 10.1. The lowest BCUT2D eigenvalue weighted by Gasteiger charge is -2.22. The molecule has 0 radical (unpaired) electrons. The summed E-state index contributed by atoms with van der Waals surface area (Å²) in [5, 5.41) is 15.9. The van der Waals surface area contributed by atoms with E-state index in [0.717, 1.165) is 72.8 Å². The normalized spacial score (nSPS) is 12.1. The number of hydrogen-bond donors (Lipinski definition) is 2. The molecule has 21 nitrogen and oxygen atoms in total. The highest BCUT2D eigenvalue weighted by atomic mass is 35.5. The van der Waals surface area contributed by atoms with Gasteiger partial charge in [0.1, 0.15) is 71.2 Å². The standard InChI is InChI=1S/C24H24ClNO3.C23H22ClNO3.C20H21ClN2O3.C18H16ClNO3.C16H12ClNO3/c1-4-28-21-11-8-12-22(29-16-18-9-6-5-7-10-18)23(21)24(27)26(3)19-13-14-20(25)17(2)15-19;1-3-27-20-10-7-11-21(28-15-17-8-5-4-6-9-17)22(20)23(26)25-18-12-13-19(24)16(2)14-18;1-13-11-14(7-8-16(13)21)12-23-19(24)15-5-4-6-17(18(15)20(23)25)26-10-9-22(2)3;1-3-23-15-6-4-5-13-16(15)18(22)20(17(13)21)10-12-7-8-14(19)11(2)9-12;1-9-7-10(5-6-12(9)17)8-18-15(20)11-3-2-4-13(19)14(11)16(18)21/h5-15H,4,16H2,1-3H3;4-14H,3,15H2,1-2H3,(H,25,26);4-8,11H,9-10,12H2,1-3H3;4-9H,3,10H2,1-2H3;2-7,19H,8H2,1H3. The molecular formula is C101H95Cl5N6O15. The van der Waals surface area contributed by atoms with Crippen molar-refractivity contribution >= 4 is 117 Å². The minimum absolute atomic E-state index is 0.0770. The van der Waals surface area contributed by atoms with Gasteiger partial charge in [-0.05, 0) is 240 Å².